The molecule has 2 aliphatic heterocycles. The molecule has 5 heteroatoms. The van der Waals surface area contributed by atoms with Crippen LogP contribution in [0.3, 0.4) is 0 Å². The Morgan fingerprint density at radius 3 is 2.10 bits per heavy atom. The van der Waals surface area contributed by atoms with Crippen molar-refractivity contribution in [1.29, 1.82) is 0 Å². The van der Waals surface area contributed by atoms with Crippen LogP contribution in [0.4, 0.5) is 5.69 Å². The molecule has 0 aromatic heterocycles. The van der Waals surface area contributed by atoms with Crippen LogP contribution in [0.25, 0.3) is 5.57 Å². The number of likely N-dealkylation sites (tertiary alicyclic amines) is 1. The maximum atomic E-state index is 13.6. The fraction of sp³-hybridized carbons (Fsp3) is 0.385. The Hall–Kier alpha value is -3.08. The van der Waals surface area contributed by atoms with Crippen molar-refractivity contribution < 1.29 is 14.3 Å². The van der Waals surface area contributed by atoms with Crippen molar-refractivity contribution in [1.82, 2.24) is 4.90 Å². The summed E-state index contributed by atoms with van der Waals surface area (Å²) in [7, 11) is 0. The van der Waals surface area contributed by atoms with Gasteiger partial charge in [-0.05, 0) is 69.4 Å². The molecule has 1 fully saturated rings. The quantitative estimate of drug-likeness (QED) is 0.655. The average Bonchev–Trinajstić information content (AvgIpc) is 3.00. The van der Waals surface area contributed by atoms with Crippen LogP contribution in [0, 0.1) is 12.8 Å². The fourth-order valence-electron chi connectivity index (χ4n) is 4.20. The van der Waals surface area contributed by atoms with Gasteiger partial charge in [0.15, 0.2) is 0 Å². The number of piperidine rings is 1. The van der Waals surface area contributed by atoms with Gasteiger partial charge in [-0.1, -0.05) is 36.8 Å². The third-order valence-electron chi connectivity index (χ3n) is 5.97. The Balaban J connectivity index is 1.75. The van der Waals surface area contributed by atoms with E-state index in [4.69, 9.17) is 4.74 Å². The van der Waals surface area contributed by atoms with Crippen LogP contribution >= 0.6 is 0 Å². The molecule has 2 aromatic rings. The van der Waals surface area contributed by atoms with Crippen LogP contribution < -0.4 is 9.64 Å². The van der Waals surface area contributed by atoms with Crippen molar-refractivity contribution in [2.24, 2.45) is 5.92 Å². The Labute approximate surface area is 184 Å². The minimum Gasteiger partial charge on any atom is -0.491 e. The number of benzene rings is 2. The molecule has 2 amide bonds. The number of rotatable bonds is 5. The van der Waals surface area contributed by atoms with E-state index < -0.39 is 0 Å². The Bertz CT molecular complexity index is 998. The Morgan fingerprint density at radius 1 is 0.903 bits per heavy atom. The van der Waals surface area contributed by atoms with Crippen molar-refractivity contribution in [2.45, 2.75) is 46.6 Å². The zero-order valence-corrected chi connectivity index (χ0v) is 18.7. The SMILES string of the molecule is Cc1ccc(N2C(=O)C(c3ccc(OC(C)C)cc3)=C(N3CCC(C)CC3)C2=O)cc1. The maximum absolute atomic E-state index is 13.6. The summed E-state index contributed by atoms with van der Waals surface area (Å²) in [5.74, 6) is 0.883. The molecule has 2 heterocycles. The topological polar surface area (TPSA) is 49.9 Å². The van der Waals surface area contributed by atoms with E-state index in [1.807, 2.05) is 69.3 Å². The number of anilines is 1. The second-order valence-corrected chi connectivity index (χ2v) is 8.87. The summed E-state index contributed by atoms with van der Waals surface area (Å²) in [5, 5.41) is 0. The molecule has 0 atom stereocenters. The molecule has 31 heavy (non-hydrogen) atoms. The zero-order valence-electron chi connectivity index (χ0n) is 18.7. The number of amides is 2. The van der Waals surface area contributed by atoms with E-state index >= 15 is 0 Å². The first-order valence-electron chi connectivity index (χ1n) is 11.1. The molecule has 0 unspecified atom stereocenters. The smallest absolute Gasteiger partial charge is 0.282 e. The van der Waals surface area contributed by atoms with E-state index in [0.717, 1.165) is 42.8 Å². The lowest BCUT2D eigenvalue weighted by Gasteiger charge is -2.32. The molecule has 5 nitrogen and oxygen atoms in total. The summed E-state index contributed by atoms with van der Waals surface area (Å²) in [4.78, 5) is 30.5. The summed E-state index contributed by atoms with van der Waals surface area (Å²) >= 11 is 0. The third kappa shape index (κ3) is 4.22. The van der Waals surface area contributed by atoms with Crippen LogP contribution in [0.1, 0.15) is 44.7 Å². The van der Waals surface area contributed by atoms with E-state index in [0.29, 0.717) is 22.9 Å². The standard InChI is InChI=1S/C26H30N2O3/c1-17(2)31-22-11-7-20(8-12-22)23-24(27-15-13-19(4)14-16-27)26(30)28(25(23)29)21-9-5-18(3)6-10-21/h5-12,17,19H,13-16H2,1-4H3. The molecular formula is C26H30N2O3. The molecular weight excluding hydrogens is 388 g/mol. The van der Waals surface area contributed by atoms with Crippen molar-refractivity contribution in [3.05, 3.63) is 65.4 Å². The van der Waals surface area contributed by atoms with Crippen molar-refractivity contribution in [3.63, 3.8) is 0 Å². The summed E-state index contributed by atoms with van der Waals surface area (Å²) in [6.07, 6.45) is 2.11. The largest absolute Gasteiger partial charge is 0.491 e. The highest BCUT2D eigenvalue weighted by Gasteiger charge is 2.42. The summed E-state index contributed by atoms with van der Waals surface area (Å²) in [6, 6.07) is 15.0. The van der Waals surface area contributed by atoms with Gasteiger partial charge in [-0.25, -0.2) is 4.90 Å². The van der Waals surface area contributed by atoms with Gasteiger partial charge in [-0.2, -0.15) is 0 Å². The van der Waals surface area contributed by atoms with E-state index in [9.17, 15) is 9.59 Å². The molecule has 162 valence electrons. The lowest BCUT2D eigenvalue weighted by Crippen LogP contribution is -2.38. The van der Waals surface area contributed by atoms with E-state index in [-0.39, 0.29) is 17.9 Å². The van der Waals surface area contributed by atoms with E-state index in [1.54, 1.807) is 0 Å². The number of carbonyl (C=O) groups is 2. The number of ether oxygens (including phenoxy) is 1. The average molecular weight is 419 g/mol. The number of aryl methyl sites for hydroxylation is 1. The second kappa shape index (κ2) is 8.58. The molecule has 0 radical (unpaired) electrons. The highest BCUT2D eigenvalue weighted by molar-refractivity contribution is 6.45. The van der Waals surface area contributed by atoms with Gasteiger partial charge in [-0.15, -0.1) is 0 Å². The van der Waals surface area contributed by atoms with E-state index in [2.05, 4.69) is 11.8 Å². The predicted molar refractivity (Wildman–Crippen MR) is 123 cm³/mol. The van der Waals surface area contributed by atoms with E-state index in [1.165, 1.54) is 4.90 Å². The first-order valence-corrected chi connectivity index (χ1v) is 11.1. The van der Waals surface area contributed by atoms with Gasteiger partial charge in [0.05, 0.1) is 17.4 Å². The summed E-state index contributed by atoms with van der Waals surface area (Å²) in [6.45, 7) is 9.75. The van der Waals surface area contributed by atoms with Gasteiger partial charge in [-0.3, -0.25) is 9.59 Å². The predicted octanol–water partition coefficient (Wildman–Crippen LogP) is 4.80. The Morgan fingerprint density at radius 2 is 1.52 bits per heavy atom. The maximum Gasteiger partial charge on any atom is 0.282 e. The van der Waals surface area contributed by atoms with Gasteiger partial charge in [0.1, 0.15) is 11.4 Å². The van der Waals surface area contributed by atoms with Crippen LogP contribution in [0.2, 0.25) is 0 Å². The summed E-state index contributed by atoms with van der Waals surface area (Å²) in [5.41, 5.74) is 3.45. The highest BCUT2D eigenvalue weighted by Crippen LogP contribution is 2.37. The van der Waals surface area contributed by atoms with Crippen molar-refractivity contribution in [2.75, 3.05) is 18.0 Å². The molecule has 0 aliphatic carbocycles. The Kier molecular flexibility index (Phi) is 5.86. The molecule has 0 N–H and O–H groups in total. The highest BCUT2D eigenvalue weighted by atomic mass is 16.5. The molecule has 0 saturated carbocycles. The molecule has 1 saturated heterocycles. The number of carbonyl (C=O) groups excluding carboxylic acids is 2. The number of nitrogens with zero attached hydrogens (tertiary/aromatic N) is 2. The summed E-state index contributed by atoms with van der Waals surface area (Å²) < 4.78 is 5.75. The third-order valence-corrected chi connectivity index (χ3v) is 5.97. The monoisotopic (exact) mass is 418 g/mol. The first-order chi connectivity index (χ1) is 14.8. The van der Waals surface area contributed by atoms with Gasteiger partial charge in [0.25, 0.3) is 11.8 Å². The lowest BCUT2D eigenvalue weighted by atomic mass is 9.97. The van der Waals surface area contributed by atoms with Crippen LogP contribution in [0.15, 0.2) is 54.2 Å². The normalized spacial score (nSPS) is 17.8. The number of hydrogen-bond acceptors (Lipinski definition) is 4. The van der Waals surface area contributed by atoms with Crippen LogP contribution in [-0.4, -0.2) is 35.9 Å². The number of hydrogen-bond donors (Lipinski definition) is 0. The molecule has 0 bridgehead atoms. The van der Waals surface area contributed by atoms with Crippen molar-refractivity contribution in [3.8, 4) is 5.75 Å². The minimum absolute atomic E-state index is 0.0719. The fourth-order valence-corrected chi connectivity index (χ4v) is 4.20. The van der Waals surface area contributed by atoms with Gasteiger partial charge < -0.3 is 9.64 Å². The molecule has 2 aromatic carbocycles. The van der Waals surface area contributed by atoms with Gasteiger partial charge in [0, 0.05) is 13.1 Å². The molecule has 4 rings (SSSR count). The van der Waals surface area contributed by atoms with Crippen molar-refractivity contribution >= 4 is 23.1 Å². The van der Waals surface area contributed by atoms with Crippen LogP contribution in [0.5, 0.6) is 5.75 Å². The number of imide groups is 1. The lowest BCUT2D eigenvalue weighted by molar-refractivity contribution is -0.120. The molecule has 0 spiro atoms. The zero-order chi connectivity index (χ0) is 22.1. The second-order valence-electron chi connectivity index (χ2n) is 8.87. The molecule has 2 aliphatic rings. The van der Waals surface area contributed by atoms with Gasteiger partial charge >= 0.3 is 0 Å². The van der Waals surface area contributed by atoms with Gasteiger partial charge in [0.2, 0.25) is 0 Å². The first kappa shape index (κ1) is 21.2. The van der Waals surface area contributed by atoms with Crippen LogP contribution in [-0.2, 0) is 9.59 Å². The minimum atomic E-state index is -0.264.